The van der Waals surface area contributed by atoms with E-state index in [1.807, 2.05) is 0 Å². The van der Waals surface area contributed by atoms with Crippen LogP contribution in [0.2, 0.25) is 5.02 Å². The highest BCUT2D eigenvalue weighted by atomic mass is 35.5. The van der Waals surface area contributed by atoms with Crippen LogP contribution in [-0.4, -0.2) is 0 Å². The molecule has 1 N–H and O–H groups in total. The van der Waals surface area contributed by atoms with Gasteiger partial charge in [-0.3, -0.25) is 0 Å². The predicted octanol–water partition coefficient (Wildman–Crippen LogP) is 5.56. The summed E-state index contributed by atoms with van der Waals surface area (Å²) in [6, 6.07) is 9.33. The van der Waals surface area contributed by atoms with Crippen LogP contribution in [-0.2, 0) is 6.54 Å². The molecule has 112 valence electrons. The minimum atomic E-state index is -0.191. The topological polar surface area (TPSA) is 12.0 Å². The fourth-order valence-electron chi connectivity index (χ4n) is 3.16. The Kier molecular flexibility index (Phi) is 4.94. The lowest BCUT2D eigenvalue weighted by Crippen LogP contribution is -2.26. The van der Waals surface area contributed by atoms with E-state index in [1.54, 1.807) is 23.5 Å². The predicted molar refractivity (Wildman–Crippen MR) is 87.3 cm³/mol. The molecule has 1 aliphatic rings. The molecule has 1 atom stereocenters. The van der Waals surface area contributed by atoms with E-state index in [2.05, 4.69) is 22.8 Å². The maximum atomic E-state index is 13.8. The summed E-state index contributed by atoms with van der Waals surface area (Å²) in [6.07, 6.45) is 5.13. The number of thiophene rings is 1. The van der Waals surface area contributed by atoms with Gasteiger partial charge in [0.2, 0.25) is 0 Å². The molecule has 1 aromatic heterocycles. The molecule has 1 aromatic carbocycles. The van der Waals surface area contributed by atoms with E-state index in [0.29, 0.717) is 29.1 Å². The summed E-state index contributed by atoms with van der Waals surface area (Å²) in [5, 5.41) is 6.26. The molecule has 1 aliphatic carbocycles. The highest BCUT2D eigenvalue weighted by molar-refractivity contribution is 7.10. The molecule has 1 saturated carbocycles. The average Bonchev–Trinajstić information content (AvgIpc) is 3.16. The first-order valence-electron chi connectivity index (χ1n) is 7.45. The first-order chi connectivity index (χ1) is 10.2. The summed E-state index contributed by atoms with van der Waals surface area (Å²) in [4.78, 5) is 1.35. The number of nitrogens with one attached hydrogen (secondary N) is 1. The van der Waals surface area contributed by atoms with Crippen LogP contribution < -0.4 is 5.32 Å². The summed E-state index contributed by atoms with van der Waals surface area (Å²) in [6.45, 7) is 0.519. The molecule has 0 spiro atoms. The molecule has 1 fully saturated rings. The SMILES string of the molecule is Fc1ccc(Cl)cc1CNC(c1cccs1)C1CCCC1. The number of halogens is 2. The van der Waals surface area contributed by atoms with Crippen molar-refractivity contribution in [3.05, 3.63) is 57.0 Å². The van der Waals surface area contributed by atoms with Gasteiger partial charge >= 0.3 is 0 Å². The molecule has 3 rings (SSSR count). The van der Waals surface area contributed by atoms with E-state index in [1.165, 1.54) is 36.6 Å². The average molecular weight is 324 g/mol. The molecule has 0 radical (unpaired) electrons. The summed E-state index contributed by atoms with van der Waals surface area (Å²) in [7, 11) is 0. The van der Waals surface area contributed by atoms with Crippen molar-refractivity contribution in [2.45, 2.75) is 38.3 Å². The quantitative estimate of drug-likeness (QED) is 0.759. The maximum absolute atomic E-state index is 13.8. The van der Waals surface area contributed by atoms with Crippen molar-refractivity contribution in [1.82, 2.24) is 5.32 Å². The number of rotatable bonds is 5. The van der Waals surface area contributed by atoms with Crippen molar-refractivity contribution in [3.8, 4) is 0 Å². The third-order valence-corrected chi connectivity index (χ3v) is 5.43. The summed E-state index contributed by atoms with van der Waals surface area (Å²) < 4.78 is 13.8. The number of hydrogen-bond donors (Lipinski definition) is 1. The van der Waals surface area contributed by atoms with E-state index in [4.69, 9.17) is 11.6 Å². The van der Waals surface area contributed by atoms with Gasteiger partial charge in [-0.1, -0.05) is 30.5 Å². The lowest BCUT2D eigenvalue weighted by atomic mass is 9.96. The highest BCUT2D eigenvalue weighted by Gasteiger charge is 2.26. The zero-order valence-electron chi connectivity index (χ0n) is 11.8. The Labute approximate surface area is 134 Å². The van der Waals surface area contributed by atoms with Gasteiger partial charge in [0.1, 0.15) is 5.82 Å². The van der Waals surface area contributed by atoms with E-state index < -0.39 is 0 Å². The molecule has 1 nitrogen and oxygen atoms in total. The van der Waals surface area contributed by atoms with E-state index in [0.717, 1.165) is 0 Å². The van der Waals surface area contributed by atoms with Crippen LogP contribution in [0.5, 0.6) is 0 Å². The van der Waals surface area contributed by atoms with Crippen LogP contribution in [0, 0.1) is 11.7 Å². The minimum absolute atomic E-state index is 0.191. The normalized spacial score (nSPS) is 17.2. The molecule has 0 saturated heterocycles. The van der Waals surface area contributed by atoms with Gasteiger partial charge in [-0.2, -0.15) is 0 Å². The van der Waals surface area contributed by atoms with Crippen LogP contribution in [0.4, 0.5) is 4.39 Å². The monoisotopic (exact) mass is 323 g/mol. The largest absolute Gasteiger partial charge is 0.305 e. The van der Waals surface area contributed by atoms with E-state index in [-0.39, 0.29) is 5.82 Å². The molecule has 0 amide bonds. The molecule has 4 heteroatoms. The summed E-state index contributed by atoms with van der Waals surface area (Å²) >= 11 is 7.74. The third-order valence-electron chi connectivity index (χ3n) is 4.24. The third kappa shape index (κ3) is 3.65. The molecule has 1 heterocycles. The van der Waals surface area contributed by atoms with Crippen molar-refractivity contribution < 1.29 is 4.39 Å². The Morgan fingerprint density at radius 1 is 1.29 bits per heavy atom. The van der Waals surface area contributed by atoms with Gasteiger partial charge in [-0.15, -0.1) is 11.3 Å². The highest BCUT2D eigenvalue weighted by Crippen LogP contribution is 2.37. The van der Waals surface area contributed by atoms with Gasteiger partial charge in [0.15, 0.2) is 0 Å². The smallest absolute Gasteiger partial charge is 0.127 e. The van der Waals surface area contributed by atoms with Gasteiger partial charge < -0.3 is 5.32 Å². The van der Waals surface area contributed by atoms with Gasteiger partial charge in [0.25, 0.3) is 0 Å². The molecule has 2 aromatic rings. The fraction of sp³-hybridized carbons (Fsp3) is 0.412. The van der Waals surface area contributed by atoms with Crippen LogP contribution >= 0.6 is 22.9 Å². The molecule has 21 heavy (non-hydrogen) atoms. The van der Waals surface area contributed by atoms with Crippen LogP contribution in [0.1, 0.15) is 42.2 Å². The van der Waals surface area contributed by atoms with Crippen LogP contribution in [0.15, 0.2) is 35.7 Å². The fourth-order valence-corrected chi connectivity index (χ4v) is 4.25. The number of benzene rings is 1. The van der Waals surface area contributed by atoms with Crippen molar-refractivity contribution in [3.63, 3.8) is 0 Å². The Balaban J connectivity index is 1.74. The molecule has 0 bridgehead atoms. The molecular weight excluding hydrogens is 305 g/mol. The van der Waals surface area contributed by atoms with Crippen LogP contribution in [0.25, 0.3) is 0 Å². The van der Waals surface area contributed by atoms with Crippen molar-refractivity contribution >= 4 is 22.9 Å². The van der Waals surface area contributed by atoms with Crippen molar-refractivity contribution in [1.29, 1.82) is 0 Å². The second kappa shape index (κ2) is 6.91. The zero-order valence-corrected chi connectivity index (χ0v) is 13.4. The maximum Gasteiger partial charge on any atom is 0.127 e. The Bertz CT molecular complexity index is 578. The Morgan fingerprint density at radius 2 is 2.10 bits per heavy atom. The first-order valence-corrected chi connectivity index (χ1v) is 8.70. The second-order valence-corrected chi connectivity index (χ2v) is 7.07. The number of hydrogen-bond acceptors (Lipinski definition) is 2. The van der Waals surface area contributed by atoms with Gasteiger partial charge in [0.05, 0.1) is 0 Å². The minimum Gasteiger partial charge on any atom is -0.305 e. The lowest BCUT2D eigenvalue weighted by Gasteiger charge is -2.24. The molecule has 1 unspecified atom stereocenters. The summed E-state index contributed by atoms with van der Waals surface area (Å²) in [5.41, 5.74) is 0.641. The van der Waals surface area contributed by atoms with Gasteiger partial charge in [0, 0.05) is 28.0 Å². The second-order valence-electron chi connectivity index (χ2n) is 5.65. The lowest BCUT2D eigenvalue weighted by molar-refractivity contribution is 0.368. The molecule has 0 aliphatic heterocycles. The van der Waals surface area contributed by atoms with E-state index >= 15 is 0 Å². The Hall–Kier alpha value is -0.900. The van der Waals surface area contributed by atoms with Crippen molar-refractivity contribution in [2.24, 2.45) is 5.92 Å². The zero-order chi connectivity index (χ0) is 14.7. The van der Waals surface area contributed by atoms with Crippen molar-refractivity contribution in [2.75, 3.05) is 0 Å². The first kappa shape index (κ1) is 15.0. The summed E-state index contributed by atoms with van der Waals surface area (Å²) in [5.74, 6) is 0.467. The van der Waals surface area contributed by atoms with Gasteiger partial charge in [-0.25, -0.2) is 4.39 Å². The van der Waals surface area contributed by atoms with E-state index in [9.17, 15) is 4.39 Å². The van der Waals surface area contributed by atoms with Gasteiger partial charge in [-0.05, 0) is 48.4 Å². The Morgan fingerprint density at radius 3 is 2.81 bits per heavy atom. The van der Waals surface area contributed by atoms with Crippen LogP contribution in [0.3, 0.4) is 0 Å². The standard InChI is InChI=1S/C17H19ClFNS/c18-14-7-8-15(19)13(10-14)11-20-17(12-4-1-2-5-12)16-6-3-9-21-16/h3,6-10,12,17,20H,1-2,4-5,11H2. The molecular formula is C17H19ClFNS.